The van der Waals surface area contributed by atoms with Crippen LogP contribution in [0.3, 0.4) is 0 Å². The normalized spacial score (nSPS) is 10.4. The molecule has 0 aliphatic carbocycles. The van der Waals surface area contributed by atoms with E-state index in [2.05, 4.69) is 5.32 Å². The molecule has 0 fully saturated rings. The quantitative estimate of drug-likeness (QED) is 0.476. The summed E-state index contributed by atoms with van der Waals surface area (Å²) >= 11 is 1.25. The number of rotatable bonds is 6. The number of ether oxygens (including phenoxy) is 1. The van der Waals surface area contributed by atoms with Gasteiger partial charge >= 0.3 is 5.97 Å². The van der Waals surface area contributed by atoms with Gasteiger partial charge in [0.25, 0.3) is 11.6 Å². The molecule has 0 atom stereocenters. The van der Waals surface area contributed by atoms with Crippen LogP contribution in [0.25, 0.3) is 0 Å². The van der Waals surface area contributed by atoms with Gasteiger partial charge in [-0.2, -0.15) is 0 Å². The lowest BCUT2D eigenvalue weighted by atomic mass is 10.1. The van der Waals surface area contributed by atoms with Crippen LogP contribution in [0.5, 0.6) is 0 Å². The molecule has 1 N–H and O–H groups in total. The number of para-hydroxylation sites is 1. The predicted molar refractivity (Wildman–Crippen MR) is 95.4 cm³/mol. The van der Waals surface area contributed by atoms with E-state index in [1.54, 1.807) is 32.0 Å². The van der Waals surface area contributed by atoms with Crippen LogP contribution in [-0.4, -0.2) is 23.4 Å². The number of hydrogen-bond acceptors (Lipinski definition) is 6. The number of nitrogens with one attached hydrogen (secondary N) is 1. The van der Waals surface area contributed by atoms with Crippen molar-refractivity contribution in [2.45, 2.75) is 27.2 Å². The molecule has 25 heavy (non-hydrogen) atoms. The topological polar surface area (TPSA) is 98.5 Å². The molecule has 2 rings (SSSR count). The molecular weight excluding hydrogens is 344 g/mol. The Morgan fingerprint density at radius 2 is 2.00 bits per heavy atom. The molecule has 0 unspecified atom stereocenters. The van der Waals surface area contributed by atoms with E-state index < -0.39 is 16.8 Å². The molecule has 0 saturated heterocycles. The number of nitro groups is 1. The first kappa shape index (κ1) is 18.6. The van der Waals surface area contributed by atoms with Crippen molar-refractivity contribution in [3.8, 4) is 0 Å². The molecule has 1 amide bonds. The SMILES string of the molecule is CCOC(=O)c1cc(CC)sc1NC(=O)c1cccc(C)c1[N+](=O)[O-]. The minimum atomic E-state index is -0.634. The fourth-order valence-corrected chi connectivity index (χ4v) is 3.30. The summed E-state index contributed by atoms with van der Waals surface area (Å²) in [4.78, 5) is 36.2. The molecule has 1 aromatic heterocycles. The van der Waals surface area contributed by atoms with Gasteiger partial charge in [-0.25, -0.2) is 4.79 Å². The molecule has 0 bridgehead atoms. The van der Waals surface area contributed by atoms with Crippen LogP contribution in [0, 0.1) is 17.0 Å². The molecule has 0 aliphatic rings. The summed E-state index contributed by atoms with van der Waals surface area (Å²) < 4.78 is 5.00. The van der Waals surface area contributed by atoms with Gasteiger partial charge < -0.3 is 10.1 Å². The zero-order valence-corrected chi connectivity index (χ0v) is 14.9. The first-order chi connectivity index (χ1) is 11.9. The third-order valence-electron chi connectivity index (χ3n) is 3.52. The molecular formula is C17H18N2O5S. The molecule has 8 heteroatoms. The number of carbonyl (C=O) groups excluding carboxylic acids is 2. The maximum Gasteiger partial charge on any atom is 0.341 e. The van der Waals surface area contributed by atoms with Gasteiger partial charge in [-0.3, -0.25) is 14.9 Å². The van der Waals surface area contributed by atoms with Crippen LogP contribution < -0.4 is 5.32 Å². The number of anilines is 1. The zero-order chi connectivity index (χ0) is 18.6. The Kier molecular flexibility index (Phi) is 5.87. The van der Waals surface area contributed by atoms with Gasteiger partial charge in [0.1, 0.15) is 10.6 Å². The van der Waals surface area contributed by atoms with Gasteiger partial charge in [-0.15, -0.1) is 11.3 Å². The van der Waals surface area contributed by atoms with Crippen LogP contribution in [0.2, 0.25) is 0 Å². The number of thiophene rings is 1. The Morgan fingerprint density at radius 1 is 1.28 bits per heavy atom. The van der Waals surface area contributed by atoms with Gasteiger partial charge in [0.2, 0.25) is 0 Å². The summed E-state index contributed by atoms with van der Waals surface area (Å²) in [5, 5.41) is 14.2. The Labute approximate surface area is 148 Å². The Hall–Kier alpha value is -2.74. The van der Waals surface area contributed by atoms with Crippen molar-refractivity contribution in [2.24, 2.45) is 0 Å². The van der Waals surface area contributed by atoms with Crippen molar-refractivity contribution in [3.63, 3.8) is 0 Å². The molecule has 0 saturated carbocycles. The molecule has 0 aliphatic heterocycles. The molecule has 0 spiro atoms. The summed E-state index contributed by atoms with van der Waals surface area (Å²) in [6.07, 6.45) is 0.692. The lowest BCUT2D eigenvalue weighted by Crippen LogP contribution is -2.16. The largest absolute Gasteiger partial charge is 0.462 e. The molecule has 2 aromatic rings. The Bertz CT molecular complexity index is 828. The van der Waals surface area contributed by atoms with E-state index in [0.717, 1.165) is 4.88 Å². The third-order valence-corrected chi connectivity index (χ3v) is 4.71. The summed E-state index contributed by atoms with van der Waals surface area (Å²) in [5.41, 5.74) is 0.354. The van der Waals surface area contributed by atoms with Crippen molar-refractivity contribution >= 4 is 33.9 Å². The first-order valence-electron chi connectivity index (χ1n) is 7.74. The average molecular weight is 362 g/mol. The van der Waals surface area contributed by atoms with Crippen LogP contribution >= 0.6 is 11.3 Å². The minimum Gasteiger partial charge on any atom is -0.462 e. The van der Waals surface area contributed by atoms with Gasteiger partial charge in [0.15, 0.2) is 0 Å². The van der Waals surface area contributed by atoms with E-state index >= 15 is 0 Å². The van der Waals surface area contributed by atoms with E-state index in [1.165, 1.54) is 17.4 Å². The zero-order valence-electron chi connectivity index (χ0n) is 14.1. The average Bonchev–Trinajstić information content (AvgIpc) is 2.97. The van der Waals surface area contributed by atoms with Gasteiger partial charge in [-0.05, 0) is 32.4 Å². The maximum atomic E-state index is 12.6. The van der Waals surface area contributed by atoms with Crippen LogP contribution in [0.1, 0.15) is 45.0 Å². The highest BCUT2D eigenvalue weighted by Gasteiger charge is 2.25. The number of aryl methyl sites for hydroxylation is 2. The molecule has 7 nitrogen and oxygen atoms in total. The first-order valence-corrected chi connectivity index (χ1v) is 8.55. The molecule has 132 valence electrons. The number of carbonyl (C=O) groups is 2. The second-order valence-electron chi connectivity index (χ2n) is 5.21. The third kappa shape index (κ3) is 4.03. The second-order valence-corrected chi connectivity index (χ2v) is 6.35. The maximum absolute atomic E-state index is 12.6. The van der Waals surface area contributed by atoms with E-state index in [0.29, 0.717) is 17.0 Å². The summed E-state index contributed by atoms with van der Waals surface area (Å²) in [6.45, 7) is 5.41. The van der Waals surface area contributed by atoms with E-state index in [9.17, 15) is 19.7 Å². The number of hydrogen-bond donors (Lipinski definition) is 1. The van der Waals surface area contributed by atoms with Crippen molar-refractivity contribution in [3.05, 3.63) is 55.9 Å². The number of nitro benzene ring substituents is 1. The number of amides is 1. The van der Waals surface area contributed by atoms with Crippen molar-refractivity contribution in [1.82, 2.24) is 0 Å². The van der Waals surface area contributed by atoms with Crippen molar-refractivity contribution < 1.29 is 19.2 Å². The summed E-state index contributed by atoms with van der Waals surface area (Å²) in [6, 6.07) is 6.20. The van der Waals surface area contributed by atoms with Gasteiger partial charge in [0, 0.05) is 10.4 Å². The highest BCUT2D eigenvalue weighted by Crippen LogP contribution is 2.31. The molecule has 1 aromatic carbocycles. The molecule has 1 heterocycles. The number of nitrogens with zero attached hydrogens (tertiary/aromatic N) is 1. The van der Waals surface area contributed by atoms with Crippen molar-refractivity contribution in [1.29, 1.82) is 0 Å². The van der Waals surface area contributed by atoms with Crippen molar-refractivity contribution in [2.75, 3.05) is 11.9 Å². The highest BCUT2D eigenvalue weighted by atomic mass is 32.1. The number of esters is 1. The number of benzene rings is 1. The predicted octanol–water partition coefficient (Wildman–Crippen LogP) is 3.96. The van der Waals surface area contributed by atoms with Gasteiger partial charge in [-0.1, -0.05) is 19.1 Å². The van der Waals surface area contributed by atoms with E-state index in [-0.39, 0.29) is 23.4 Å². The molecule has 0 radical (unpaired) electrons. The fraction of sp³-hybridized carbons (Fsp3) is 0.294. The second kappa shape index (κ2) is 7.89. The fourth-order valence-electron chi connectivity index (χ4n) is 2.32. The minimum absolute atomic E-state index is 0.0498. The van der Waals surface area contributed by atoms with Crippen LogP contribution in [0.15, 0.2) is 24.3 Å². The summed E-state index contributed by atoms with van der Waals surface area (Å²) in [5.74, 6) is -1.17. The van der Waals surface area contributed by atoms with E-state index in [4.69, 9.17) is 4.74 Å². The Balaban J connectivity index is 2.39. The highest BCUT2D eigenvalue weighted by molar-refractivity contribution is 7.16. The van der Waals surface area contributed by atoms with Crippen LogP contribution in [-0.2, 0) is 11.2 Å². The van der Waals surface area contributed by atoms with Gasteiger partial charge in [0.05, 0.1) is 17.1 Å². The lowest BCUT2D eigenvalue weighted by Gasteiger charge is -2.07. The smallest absolute Gasteiger partial charge is 0.341 e. The van der Waals surface area contributed by atoms with Crippen LogP contribution in [0.4, 0.5) is 10.7 Å². The monoisotopic (exact) mass is 362 g/mol. The summed E-state index contributed by atoms with van der Waals surface area (Å²) in [7, 11) is 0. The Morgan fingerprint density at radius 3 is 2.60 bits per heavy atom. The lowest BCUT2D eigenvalue weighted by molar-refractivity contribution is -0.385. The standard InChI is InChI=1S/C17H18N2O5S/c1-4-11-9-13(17(21)24-5-2)16(25-11)18-15(20)12-8-6-7-10(3)14(12)19(22)23/h6-9H,4-5H2,1-3H3,(H,18,20). The van der Waals surface area contributed by atoms with E-state index in [1.807, 2.05) is 6.92 Å².